The van der Waals surface area contributed by atoms with Crippen molar-refractivity contribution >= 4 is 35.1 Å². The van der Waals surface area contributed by atoms with E-state index in [-0.39, 0.29) is 12.3 Å². The molecule has 0 fully saturated rings. The van der Waals surface area contributed by atoms with Gasteiger partial charge in [0.15, 0.2) is 0 Å². The number of amides is 1. The van der Waals surface area contributed by atoms with Crippen molar-refractivity contribution in [1.82, 2.24) is 5.32 Å². The predicted molar refractivity (Wildman–Crippen MR) is 69.8 cm³/mol. The molecule has 98 valence electrons. The standard InChI is InChI=1S/C12H13Cl2NO3/c1-7(12(17)18-2)15-11(16)6-8-3-4-9(13)10(14)5-8/h3-5,7H,6H2,1-2H3,(H,15,16)/t7-/m1/s1. The van der Waals surface area contributed by atoms with E-state index in [1.807, 2.05) is 0 Å². The van der Waals surface area contributed by atoms with E-state index < -0.39 is 12.0 Å². The van der Waals surface area contributed by atoms with Gasteiger partial charge >= 0.3 is 5.97 Å². The van der Waals surface area contributed by atoms with Crippen LogP contribution in [-0.2, 0) is 20.7 Å². The second-order valence-corrected chi connectivity index (χ2v) is 4.55. The molecule has 1 amide bonds. The van der Waals surface area contributed by atoms with E-state index >= 15 is 0 Å². The Hall–Kier alpha value is -1.26. The molecular weight excluding hydrogens is 277 g/mol. The minimum Gasteiger partial charge on any atom is -0.467 e. The van der Waals surface area contributed by atoms with E-state index in [0.29, 0.717) is 10.0 Å². The molecule has 0 spiro atoms. The van der Waals surface area contributed by atoms with Gasteiger partial charge in [0.1, 0.15) is 6.04 Å². The van der Waals surface area contributed by atoms with Gasteiger partial charge in [-0.2, -0.15) is 0 Å². The van der Waals surface area contributed by atoms with Gasteiger partial charge in [-0.1, -0.05) is 29.3 Å². The van der Waals surface area contributed by atoms with Crippen molar-refractivity contribution in [3.8, 4) is 0 Å². The number of nitrogens with one attached hydrogen (secondary N) is 1. The first-order valence-corrected chi connectivity index (χ1v) is 6.00. The van der Waals surface area contributed by atoms with E-state index in [2.05, 4.69) is 10.1 Å². The topological polar surface area (TPSA) is 55.4 Å². The van der Waals surface area contributed by atoms with Crippen molar-refractivity contribution in [2.24, 2.45) is 0 Å². The van der Waals surface area contributed by atoms with Gasteiger partial charge in [-0.25, -0.2) is 4.79 Å². The fourth-order valence-electron chi connectivity index (χ4n) is 1.36. The van der Waals surface area contributed by atoms with Gasteiger partial charge < -0.3 is 10.1 Å². The number of ether oxygens (including phenoxy) is 1. The van der Waals surface area contributed by atoms with Crippen LogP contribution in [0, 0.1) is 0 Å². The lowest BCUT2D eigenvalue weighted by Gasteiger charge is -2.11. The first kappa shape index (κ1) is 14.8. The Morgan fingerprint density at radius 3 is 2.56 bits per heavy atom. The van der Waals surface area contributed by atoms with Crippen LogP contribution in [0.2, 0.25) is 10.0 Å². The van der Waals surface area contributed by atoms with Crippen molar-refractivity contribution in [2.75, 3.05) is 7.11 Å². The summed E-state index contributed by atoms with van der Waals surface area (Å²) in [6, 6.07) is 4.27. The molecule has 1 N–H and O–H groups in total. The smallest absolute Gasteiger partial charge is 0.328 e. The number of halogens is 2. The molecule has 0 aromatic heterocycles. The first-order chi connectivity index (χ1) is 8.43. The highest BCUT2D eigenvalue weighted by Crippen LogP contribution is 2.22. The monoisotopic (exact) mass is 289 g/mol. The molecule has 0 aliphatic rings. The third-order valence-electron chi connectivity index (χ3n) is 2.28. The summed E-state index contributed by atoms with van der Waals surface area (Å²) in [5, 5.41) is 3.35. The second kappa shape index (κ2) is 6.61. The Kier molecular flexibility index (Phi) is 5.44. The minimum absolute atomic E-state index is 0.123. The Balaban J connectivity index is 2.59. The number of esters is 1. The summed E-state index contributed by atoms with van der Waals surface area (Å²) < 4.78 is 4.51. The average Bonchev–Trinajstić information content (AvgIpc) is 2.32. The zero-order valence-corrected chi connectivity index (χ0v) is 11.5. The molecule has 18 heavy (non-hydrogen) atoms. The Morgan fingerprint density at radius 1 is 1.33 bits per heavy atom. The summed E-state index contributed by atoms with van der Waals surface area (Å²) in [6.45, 7) is 1.55. The molecule has 0 aliphatic heterocycles. The van der Waals surface area contributed by atoms with E-state index in [9.17, 15) is 9.59 Å². The van der Waals surface area contributed by atoms with Crippen molar-refractivity contribution in [3.63, 3.8) is 0 Å². The maximum absolute atomic E-state index is 11.6. The van der Waals surface area contributed by atoms with Gasteiger partial charge in [0.25, 0.3) is 0 Å². The highest BCUT2D eigenvalue weighted by atomic mass is 35.5. The van der Waals surface area contributed by atoms with Crippen LogP contribution in [0.15, 0.2) is 18.2 Å². The SMILES string of the molecule is COC(=O)[C@@H](C)NC(=O)Cc1ccc(Cl)c(Cl)c1. The zero-order chi connectivity index (χ0) is 13.7. The van der Waals surface area contributed by atoms with Crippen LogP contribution in [0.4, 0.5) is 0 Å². The predicted octanol–water partition coefficient (Wildman–Crippen LogP) is 2.21. The van der Waals surface area contributed by atoms with E-state index in [1.165, 1.54) is 7.11 Å². The number of hydrogen-bond acceptors (Lipinski definition) is 3. The average molecular weight is 290 g/mol. The largest absolute Gasteiger partial charge is 0.467 e. The lowest BCUT2D eigenvalue weighted by Crippen LogP contribution is -2.39. The molecule has 0 aliphatic carbocycles. The van der Waals surface area contributed by atoms with E-state index in [0.717, 1.165) is 5.56 Å². The number of methoxy groups -OCH3 is 1. The zero-order valence-electron chi connectivity index (χ0n) is 10.00. The molecule has 1 aromatic carbocycles. The summed E-state index contributed by atoms with van der Waals surface area (Å²) in [7, 11) is 1.27. The van der Waals surface area contributed by atoms with Gasteiger partial charge in [-0.05, 0) is 24.6 Å². The summed E-state index contributed by atoms with van der Waals surface area (Å²) in [4.78, 5) is 22.8. The van der Waals surface area contributed by atoms with Crippen molar-refractivity contribution in [1.29, 1.82) is 0 Å². The number of carbonyl (C=O) groups excluding carboxylic acids is 2. The van der Waals surface area contributed by atoms with Gasteiger partial charge in [0.2, 0.25) is 5.91 Å². The summed E-state index contributed by atoms with van der Waals surface area (Å²) >= 11 is 11.6. The highest BCUT2D eigenvalue weighted by Gasteiger charge is 2.15. The van der Waals surface area contributed by atoms with Gasteiger partial charge in [0, 0.05) is 0 Å². The Labute approximate surface area is 115 Å². The van der Waals surface area contributed by atoms with Gasteiger partial charge in [-0.3, -0.25) is 4.79 Å². The molecule has 4 nitrogen and oxygen atoms in total. The molecule has 6 heteroatoms. The molecule has 1 aromatic rings. The molecule has 1 atom stereocenters. The van der Waals surface area contributed by atoms with Gasteiger partial charge in [0.05, 0.1) is 23.6 Å². The lowest BCUT2D eigenvalue weighted by molar-refractivity contribution is -0.144. The number of benzene rings is 1. The van der Waals surface area contributed by atoms with Crippen LogP contribution in [0.1, 0.15) is 12.5 Å². The van der Waals surface area contributed by atoms with Crippen LogP contribution >= 0.6 is 23.2 Å². The van der Waals surface area contributed by atoms with Crippen LogP contribution in [0.3, 0.4) is 0 Å². The first-order valence-electron chi connectivity index (χ1n) is 5.25. The Bertz CT molecular complexity index is 463. The molecule has 0 bridgehead atoms. The quantitative estimate of drug-likeness (QED) is 0.865. The normalized spacial score (nSPS) is 11.8. The lowest BCUT2D eigenvalue weighted by atomic mass is 10.1. The molecule has 0 unspecified atom stereocenters. The molecule has 0 saturated carbocycles. The number of hydrogen-bond donors (Lipinski definition) is 1. The summed E-state index contributed by atoms with van der Waals surface area (Å²) in [6.07, 6.45) is 0.123. The molecule has 0 heterocycles. The third kappa shape index (κ3) is 4.20. The molecular formula is C12H13Cl2NO3. The van der Waals surface area contributed by atoms with Crippen molar-refractivity contribution < 1.29 is 14.3 Å². The third-order valence-corrected chi connectivity index (χ3v) is 3.02. The van der Waals surface area contributed by atoms with Gasteiger partial charge in [-0.15, -0.1) is 0 Å². The van der Waals surface area contributed by atoms with Crippen LogP contribution in [-0.4, -0.2) is 25.0 Å². The highest BCUT2D eigenvalue weighted by molar-refractivity contribution is 6.42. The van der Waals surface area contributed by atoms with E-state index in [4.69, 9.17) is 23.2 Å². The molecule has 1 rings (SSSR count). The maximum atomic E-state index is 11.6. The molecule has 0 saturated heterocycles. The summed E-state index contributed by atoms with van der Waals surface area (Å²) in [5.41, 5.74) is 0.721. The fraction of sp³-hybridized carbons (Fsp3) is 0.333. The minimum atomic E-state index is -0.676. The summed E-state index contributed by atoms with van der Waals surface area (Å²) in [5.74, 6) is -0.774. The van der Waals surface area contributed by atoms with Crippen LogP contribution in [0.25, 0.3) is 0 Å². The fourth-order valence-corrected chi connectivity index (χ4v) is 1.68. The number of rotatable bonds is 4. The van der Waals surface area contributed by atoms with E-state index in [1.54, 1.807) is 25.1 Å². The molecule has 0 radical (unpaired) electrons. The van der Waals surface area contributed by atoms with Crippen molar-refractivity contribution in [2.45, 2.75) is 19.4 Å². The van der Waals surface area contributed by atoms with Crippen LogP contribution in [0.5, 0.6) is 0 Å². The van der Waals surface area contributed by atoms with Crippen molar-refractivity contribution in [3.05, 3.63) is 33.8 Å². The Morgan fingerprint density at radius 2 is 2.00 bits per heavy atom. The maximum Gasteiger partial charge on any atom is 0.328 e. The second-order valence-electron chi connectivity index (χ2n) is 3.74. The van der Waals surface area contributed by atoms with Crippen LogP contribution < -0.4 is 5.32 Å². The number of carbonyl (C=O) groups is 2.